The Bertz CT molecular complexity index is 959. The zero-order chi connectivity index (χ0) is 22.5. The number of hydrogen-bond donors (Lipinski definition) is 1. The highest BCUT2D eigenvalue weighted by atomic mass is 16.5. The molecule has 7 nitrogen and oxygen atoms in total. The number of ether oxygens (including phenoxy) is 3. The van der Waals surface area contributed by atoms with E-state index >= 15 is 0 Å². The maximum Gasteiger partial charge on any atom is 0.230 e. The first kappa shape index (κ1) is 22.0. The minimum Gasteiger partial charge on any atom is -0.497 e. The maximum atomic E-state index is 13.3. The zero-order valence-corrected chi connectivity index (χ0v) is 18.6. The molecule has 170 valence electrons. The molecule has 4 rings (SSSR count). The summed E-state index contributed by atoms with van der Waals surface area (Å²) in [6, 6.07) is 12.7. The molecule has 2 aliphatic heterocycles. The molecule has 2 heterocycles. The third-order valence-corrected chi connectivity index (χ3v) is 5.99. The molecule has 2 amide bonds. The van der Waals surface area contributed by atoms with Crippen molar-refractivity contribution in [3.8, 4) is 17.2 Å². The number of carbonyl (C=O) groups is 2. The molecule has 0 unspecified atom stereocenters. The van der Waals surface area contributed by atoms with Crippen molar-refractivity contribution in [2.45, 2.75) is 38.6 Å². The van der Waals surface area contributed by atoms with Gasteiger partial charge in [-0.25, -0.2) is 0 Å². The Hall–Kier alpha value is -3.22. The Labute approximate surface area is 188 Å². The minimum atomic E-state index is -0.483. The average molecular weight is 439 g/mol. The normalized spacial score (nSPS) is 20.1. The summed E-state index contributed by atoms with van der Waals surface area (Å²) in [6.07, 6.45) is 2.89. The second-order valence-corrected chi connectivity index (χ2v) is 8.17. The van der Waals surface area contributed by atoms with Crippen LogP contribution < -0.4 is 19.5 Å². The van der Waals surface area contributed by atoms with E-state index < -0.39 is 5.92 Å². The monoisotopic (exact) mass is 438 g/mol. The average Bonchev–Trinajstić information content (AvgIpc) is 2.97. The van der Waals surface area contributed by atoms with Gasteiger partial charge in [0, 0.05) is 31.1 Å². The number of carbonyl (C=O) groups excluding carboxylic acids is 2. The molecule has 0 bridgehead atoms. The highest BCUT2D eigenvalue weighted by molar-refractivity contribution is 5.98. The Morgan fingerprint density at radius 3 is 2.59 bits per heavy atom. The number of hydrogen-bond acceptors (Lipinski definition) is 5. The summed E-state index contributed by atoms with van der Waals surface area (Å²) in [4.78, 5) is 28.1. The standard InChI is InChI=1S/C25H30N2O5/c1-3-4-12-27-23(28)16-20(24(27)17-6-9-19(30-2)10-7-17)25(29)26-18-8-11-21-22(15-18)32-14-5-13-31-21/h6-11,15,20,24H,3-5,12-14,16H2,1-2H3,(H,26,29)/t20-,24+/m0/s1. The number of amides is 2. The van der Waals surface area contributed by atoms with E-state index in [1.165, 1.54) is 0 Å². The summed E-state index contributed by atoms with van der Waals surface area (Å²) in [7, 11) is 1.62. The van der Waals surface area contributed by atoms with E-state index in [1.807, 2.05) is 35.2 Å². The number of likely N-dealkylation sites (tertiary alicyclic amines) is 1. The highest BCUT2D eigenvalue weighted by Crippen LogP contribution is 2.40. The fourth-order valence-electron chi connectivity index (χ4n) is 4.31. The van der Waals surface area contributed by atoms with Crippen LogP contribution in [0.3, 0.4) is 0 Å². The van der Waals surface area contributed by atoms with Crippen molar-refractivity contribution in [3.63, 3.8) is 0 Å². The predicted octanol–water partition coefficient (Wildman–Crippen LogP) is 4.18. The molecule has 0 radical (unpaired) electrons. The first-order valence-electron chi connectivity index (χ1n) is 11.2. The lowest BCUT2D eigenvalue weighted by Crippen LogP contribution is -2.33. The third kappa shape index (κ3) is 4.66. The molecular weight excluding hydrogens is 408 g/mol. The van der Waals surface area contributed by atoms with Crippen LogP contribution in [-0.2, 0) is 9.59 Å². The summed E-state index contributed by atoms with van der Waals surface area (Å²) in [5.74, 6) is 1.40. The number of nitrogens with zero attached hydrogens (tertiary/aromatic N) is 1. The molecule has 0 aliphatic carbocycles. The van der Waals surface area contributed by atoms with Crippen LogP contribution in [0.1, 0.15) is 44.2 Å². The van der Waals surface area contributed by atoms with Crippen LogP contribution in [0.25, 0.3) is 0 Å². The Balaban J connectivity index is 1.57. The zero-order valence-electron chi connectivity index (χ0n) is 18.6. The van der Waals surface area contributed by atoms with Gasteiger partial charge >= 0.3 is 0 Å². The van der Waals surface area contributed by atoms with Gasteiger partial charge in [-0.2, -0.15) is 0 Å². The second-order valence-electron chi connectivity index (χ2n) is 8.17. The molecule has 1 N–H and O–H groups in total. The van der Waals surface area contributed by atoms with Crippen molar-refractivity contribution < 1.29 is 23.8 Å². The minimum absolute atomic E-state index is 0.0121. The number of rotatable bonds is 7. The molecule has 2 aromatic rings. The van der Waals surface area contributed by atoms with Crippen LogP contribution in [0, 0.1) is 5.92 Å². The number of methoxy groups -OCH3 is 1. The van der Waals surface area contributed by atoms with Crippen molar-refractivity contribution in [1.82, 2.24) is 4.90 Å². The molecule has 32 heavy (non-hydrogen) atoms. The van der Waals surface area contributed by atoms with Gasteiger partial charge in [0.2, 0.25) is 11.8 Å². The summed E-state index contributed by atoms with van der Waals surface area (Å²) in [6.45, 7) is 3.92. The van der Waals surface area contributed by atoms with Crippen LogP contribution in [0.2, 0.25) is 0 Å². The molecular formula is C25H30N2O5. The fraction of sp³-hybridized carbons (Fsp3) is 0.440. The first-order chi connectivity index (χ1) is 15.6. The Kier molecular flexibility index (Phi) is 6.83. The van der Waals surface area contributed by atoms with Crippen molar-refractivity contribution in [2.75, 3.05) is 32.2 Å². The van der Waals surface area contributed by atoms with Gasteiger partial charge in [0.25, 0.3) is 0 Å². The molecule has 2 atom stereocenters. The quantitative estimate of drug-likeness (QED) is 0.702. The van der Waals surface area contributed by atoms with Gasteiger partial charge in [-0.1, -0.05) is 25.5 Å². The highest BCUT2D eigenvalue weighted by Gasteiger charge is 2.44. The van der Waals surface area contributed by atoms with E-state index in [4.69, 9.17) is 14.2 Å². The van der Waals surface area contributed by atoms with Crippen molar-refractivity contribution >= 4 is 17.5 Å². The predicted molar refractivity (Wildman–Crippen MR) is 121 cm³/mol. The van der Waals surface area contributed by atoms with Gasteiger partial charge in [-0.05, 0) is 36.2 Å². The van der Waals surface area contributed by atoms with E-state index in [0.29, 0.717) is 36.9 Å². The number of unbranched alkanes of at least 4 members (excludes halogenated alkanes) is 1. The van der Waals surface area contributed by atoms with Gasteiger partial charge < -0.3 is 24.4 Å². The molecule has 1 saturated heterocycles. The molecule has 0 aromatic heterocycles. The summed E-state index contributed by atoms with van der Waals surface area (Å²) >= 11 is 0. The number of anilines is 1. The summed E-state index contributed by atoms with van der Waals surface area (Å²) in [5, 5.41) is 3.00. The van der Waals surface area contributed by atoms with Gasteiger partial charge in [-0.3, -0.25) is 9.59 Å². The summed E-state index contributed by atoms with van der Waals surface area (Å²) < 4.78 is 16.7. The van der Waals surface area contributed by atoms with Gasteiger partial charge in [-0.15, -0.1) is 0 Å². The molecule has 2 aliphatic rings. The van der Waals surface area contributed by atoms with Crippen LogP contribution in [-0.4, -0.2) is 43.6 Å². The lowest BCUT2D eigenvalue weighted by Gasteiger charge is -2.28. The topological polar surface area (TPSA) is 77.1 Å². The van der Waals surface area contributed by atoms with Gasteiger partial charge in [0.15, 0.2) is 11.5 Å². The molecule has 1 fully saturated rings. The maximum absolute atomic E-state index is 13.3. The van der Waals surface area contributed by atoms with Crippen LogP contribution >= 0.6 is 0 Å². The molecule has 7 heteroatoms. The van der Waals surface area contributed by atoms with E-state index in [9.17, 15) is 9.59 Å². The van der Waals surface area contributed by atoms with E-state index in [1.54, 1.807) is 19.2 Å². The fourth-order valence-corrected chi connectivity index (χ4v) is 4.31. The third-order valence-electron chi connectivity index (χ3n) is 5.99. The molecule has 0 saturated carbocycles. The van der Waals surface area contributed by atoms with Crippen molar-refractivity contribution in [2.24, 2.45) is 5.92 Å². The second kappa shape index (κ2) is 9.94. The number of benzene rings is 2. The lowest BCUT2D eigenvalue weighted by atomic mass is 9.92. The Morgan fingerprint density at radius 1 is 1.12 bits per heavy atom. The van der Waals surface area contributed by atoms with E-state index in [-0.39, 0.29) is 24.3 Å². The Morgan fingerprint density at radius 2 is 1.88 bits per heavy atom. The molecule has 2 aromatic carbocycles. The van der Waals surface area contributed by atoms with E-state index in [2.05, 4.69) is 12.2 Å². The van der Waals surface area contributed by atoms with Crippen LogP contribution in [0.4, 0.5) is 5.69 Å². The molecule has 0 spiro atoms. The SMILES string of the molecule is CCCCN1C(=O)C[C@H](C(=O)Nc2ccc3c(c2)OCCCO3)[C@H]1c1ccc(OC)cc1. The summed E-state index contributed by atoms with van der Waals surface area (Å²) in [5.41, 5.74) is 1.57. The number of nitrogens with one attached hydrogen (secondary N) is 1. The van der Waals surface area contributed by atoms with Gasteiger partial charge in [0.05, 0.1) is 32.3 Å². The van der Waals surface area contributed by atoms with E-state index in [0.717, 1.165) is 30.6 Å². The largest absolute Gasteiger partial charge is 0.497 e. The number of fused-ring (bicyclic) bond motifs is 1. The van der Waals surface area contributed by atoms with Gasteiger partial charge in [0.1, 0.15) is 5.75 Å². The van der Waals surface area contributed by atoms with Crippen molar-refractivity contribution in [1.29, 1.82) is 0 Å². The lowest BCUT2D eigenvalue weighted by molar-refractivity contribution is -0.129. The van der Waals surface area contributed by atoms with Crippen LogP contribution in [0.15, 0.2) is 42.5 Å². The van der Waals surface area contributed by atoms with Crippen molar-refractivity contribution in [3.05, 3.63) is 48.0 Å². The first-order valence-corrected chi connectivity index (χ1v) is 11.2. The smallest absolute Gasteiger partial charge is 0.230 e. The van der Waals surface area contributed by atoms with Crippen LogP contribution in [0.5, 0.6) is 17.2 Å².